The SMILES string of the molecule is CN(CCCC(=O)O)C1CSCCC1(C)C. The normalized spacial score (nSPS) is 24.6. The van der Waals surface area contributed by atoms with Gasteiger partial charge in [-0.2, -0.15) is 11.8 Å². The highest BCUT2D eigenvalue weighted by molar-refractivity contribution is 7.99. The van der Waals surface area contributed by atoms with Gasteiger partial charge in [-0.05, 0) is 37.6 Å². The molecular weight excluding hydrogens is 222 g/mol. The number of hydrogen-bond acceptors (Lipinski definition) is 3. The molecule has 94 valence electrons. The summed E-state index contributed by atoms with van der Waals surface area (Å²) in [6.45, 7) is 5.54. The van der Waals surface area contributed by atoms with E-state index in [0.717, 1.165) is 13.0 Å². The first kappa shape index (κ1) is 13.8. The van der Waals surface area contributed by atoms with Gasteiger partial charge in [0.15, 0.2) is 0 Å². The molecule has 0 amide bonds. The van der Waals surface area contributed by atoms with Gasteiger partial charge in [0.2, 0.25) is 0 Å². The highest BCUT2D eigenvalue weighted by Gasteiger charge is 2.34. The maximum Gasteiger partial charge on any atom is 0.303 e. The Bertz CT molecular complexity index is 243. The first-order valence-electron chi connectivity index (χ1n) is 5.93. The maximum absolute atomic E-state index is 10.5. The monoisotopic (exact) mass is 245 g/mol. The van der Waals surface area contributed by atoms with E-state index in [1.54, 1.807) is 0 Å². The van der Waals surface area contributed by atoms with Crippen LogP contribution in [0.5, 0.6) is 0 Å². The molecule has 0 radical (unpaired) electrons. The Kier molecular flexibility index (Phi) is 5.12. The maximum atomic E-state index is 10.5. The van der Waals surface area contributed by atoms with Gasteiger partial charge in [0, 0.05) is 18.2 Å². The van der Waals surface area contributed by atoms with Gasteiger partial charge in [0.1, 0.15) is 0 Å². The van der Waals surface area contributed by atoms with Crippen molar-refractivity contribution < 1.29 is 9.90 Å². The Hall–Kier alpha value is -0.220. The topological polar surface area (TPSA) is 40.5 Å². The minimum absolute atomic E-state index is 0.282. The summed E-state index contributed by atoms with van der Waals surface area (Å²) in [5.74, 6) is 1.74. The summed E-state index contributed by atoms with van der Waals surface area (Å²) in [5, 5.41) is 8.62. The summed E-state index contributed by atoms with van der Waals surface area (Å²) in [5.41, 5.74) is 0.364. The molecule has 1 aliphatic rings. The molecule has 1 atom stereocenters. The fourth-order valence-corrected chi connectivity index (χ4v) is 4.05. The third-order valence-corrected chi connectivity index (χ3v) is 4.55. The molecule has 1 unspecified atom stereocenters. The van der Waals surface area contributed by atoms with E-state index in [9.17, 15) is 4.79 Å². The summed E-state index contributed by atoms with van der Waals surface area (Å²) in [6, 6.07) is 0.583. The predicted octanol–water partition coefficient (Wildman–Crippen LogP) is 2.31. The van der Waals surface area contributed by atoms with Crippen LogP contribution in [-0.4, -0.2) is 47.1 Å². The van der Waals surface area contributed by atoms with Crippen LogP contribution in [0.1, 0.15) is 33.1 Å². The largest absolute Gasteiger partial charge is 0.481 e. The van der Waals surface area contributed by atoms with Crippen molar-refractivity contribution in [1.82, 2.24) is 4.90 Å². The standard InChI is InChI=1S/C12H23NO2S/c1-12(2)6-8-16-9-10(12)13(3)7-4-5-11(14)15/h10H,4-9H2,1-3H3,(H,14,15). The summed E-state index contributed by atoms with van der Waals surface area (Å²) in [7, 11) is 2.13. The van der Waals surface area contributed by atoms with Crippen molar-refractivity contribution >= 4 is 17.7 Å². The summed E-state index contributed by atoms with van der Waals surface area (Å²) in [6.07, 6.45) is 2.29. The molecule has 1 rings (SSSR count). The predicted molar refractivity (Wildman–Crippen MR) is 69.0 cm³/mol. The van der Waals surface area contributed by atoms with Crippen LogP contribution in [0.4, 0.5) is 0 Å². The number of hydrogen-bond donors (Lipinski definition) is 1. The van der Waals surface area contributed by atoms with Gasteiger partial charge in [-0.1, -0.05) is 13.8 Å². The molecule has 16 heavy (non-hydrogen) atoms. The molecule has 0 bridgehead atoms. The van der Waals surface area contributed by atoms with E-state index in [1.165, 1.54) is 17.9 Å². The van der Waals surface area contributed by atoms with Crippen LogP contribution in [0.15, 0.2) is 0 Å². The second-order valence-corrected chi connectivity index (χ2v) is 6.46. The molecule has 1 saturated heterocycles. The molecule has 1 fully saturated rings. The van der Waals surface area contributed by atoms with E-state index in [-0.39, 0.29) is 6.42 Å². The van der Waals surface area contributed by atoms with Gasteiger partial charge in [-0.3, -0.25) is 4.79 Å². The average molecular weight is 245 g/mol. The Labute approximate surface area is 103 Å². The second-order valence-electron chi connectivity index (χ2n) is 5.31. The van der Waals surface area contributed by atoms with Crippen LogP contribution < -0.4 is 0 Å². The van der Waals surface area contributed by atoms with Crippen LogP contribution in [-0.2, 0) is 4.79 Å². The molecular formula is C12H23NO2S. The van der Waals surface area contributed by atoms with Crippen molar-refractivity contribution in [2.75, 3.05) is 25.1 Å². The van der Waals surface area contributed by atoms with Crippen LogP contribution in [0, 0.1) is 5.41 Å². The average Bonchev–Trinajstić information content (AvgIpc) is 2.16. The van der Waals surface area contributed by atoms with Gasteiger partial charge in [-0.25, -0.2) is 0 Å². The molecule has 3 nitrogen and oxygen atoms in total. The second kappa shape index (κ2) is 5.92. The zero-order valence-corrected chi connectivity index (χ0v) is 11.3. The molecule has 0 saturated carbocycles. The molecule has 1 aliphatic heterocycles. The third-order valence-electron chi connectivity index (χ3n) is 3.50. The van der Waals surface area contributed by atoms with Gasteiger partial charge in [0.25, 0.3) is 0 Å². The lowest BCUT2D eigenvalue weighted by Crippen LogP contribution is -2.47. The Morgan fingerprint density at radius 2 is 2.25 bits per heavy atom. The molecule has 0 spiro atoms. The molecule has 0 aliphatic carbocycles. The highest BCUT2D eigenvalue weighted by Crippen LogP contribution is 2.36. The van der Waals surface area contributed by atoms with E-state index < -0.39 is 5.97 Å². The molecule has 0 aromatic rings. The Morgan fingerprint density at radius 1 is 1.56 bits per heavy atom. The van der Waals surface area contributed by atoms with Crippen LogP contribution in [0.25, 0.3) is 0 Å². The van der Waals surface area contributed by atoms with E-state index in [4.69, 9.17) is 5.11 Å². The van der Waals surface area contributed by atoms with Crippen molar-refractivity contribution in [2.24, 2.45) is 5.41 Å². The van der Waals surface area contributed by atoms with Crippen molar-refractivity contribution in [3.63, 3.8) is 0 Å². The summed E-state index contributed by atoms with van der Waals surface area (Å²) >= 11 is 2.02. The van der Waals surface area contributed by atoms with Crippen LogP contribution in [0.3, 0.4) is 0 Å². The third kappa shape index (κ3) is 3.98. The summed E-state index contributed by atoms with van der Waals surface area (Å²) in [4.78, 5) is 12.8. The van der Waals surface area contributed by atoms with E-state index in [2.05, 4.69) is 25.8 Å². The van der Waals surface area contributed by atoms with Crippen LogP contribution >= 0.6 is 11.8 Å². The van der Waals surface area contributed by atoms with Crippen LogP contribution in [0.2, 0.25) is 0 Å². The fraction of sp³-hybridized carbons (Fsp3) is 0.917. The number of carboxylic acid groups (broad SMARTS) is 1. The molecule has 0 aromatic heterocycles. The van der Waals surface area contributed by atoms with Gasteiger partial charge in [-0.15, -0.1) is 0 Å². The van der Waals surface area contributed by atoms with Crippen molar-refractivity contribution in [3.8, 4) is 0 Å². The molecule has 4 heteroatoms. The smallest absolute Gasteiger partial charge is 0.303 e. The lowest BCUT2D eigenvalue weighted by Gasteiger charge is -2.43. The minimum atomic E-state index is -0.689. The Morgan fingerprint density at radius 3 is 2.81 bits per heavy atom. The zero-order chi connectivity index (χ0) is 12.2. The molecule has 0 aromatic carbocycles. The number of aliphatic carboxylic acids is 1. The number of thioether (sulfide) groups is 1. The lowest BCUT2D eigenvalue weighted by molar-refractivity contribution is -0.137. The van der Waals surface area contributed by atoms with Crippen molar-refractivity contribution in [2.45, 2.75) is 39.2 Å². The quantitative estimate of drug-likeness (QED) is 0.807. The Balaban J connectivity index is 2.39. The van der Waals surface area contributed by atoms with Gasteiger partial charge in [0.05, 0.1) is 0 Å². The van der Waals surface area contributed by atoms with Crippen molar-refractivity contribution in [1.29, 1.82) is 0 Å². The van der Waals surface area contributed by atoms with E-state index in [1.807, 2.05) is 11.8 Å². The summed E-state index contributed by atoms with van der Waals surface area (Å²) < 4.78 is 0. The first-order chi connectivity index (χ1) is 7.43. The number of carboxylic acids is 1. The lowest BCUT2D eigenvalue weighted by atomic mass is 9.81. The number of carbonyl (C=O) groups is 1. The minimum Gasteiger partial charge on any atom is -0.481 e. The zero-order valence-electron chi connectivity index (χ0n) is 10.5. The van der Waals surface area contributed by atoms with E-state index >= 15 is 0 Å². The molecule has 1 heterocycles. The van der Waals surface area contributed by atoms with Gasteiger partial charge < -0.3 is 10.0 Å². The highest BCUT2D eigenvalue weighted by atomic mass is 32.2. The fourth-order valence-electron chi connectivity index (χ4n) is 2.28. The van der Waals surface area contributed by atoms with Crippen molar-refractivity contribution in [3.05, 3.63) is 0 Å². The van der Waals surface area contributed by atoms with Gasteiger partial charge >= 0.3 is 5.97 Å². The number of nitrogens with zero attached hydrogens (tertiary/aromatic N) is 1. The van der Waals surface area contributed by atoms with E-state index in [0.29, 0.717) is 11.5 Å². The first-order valence-corrected chi connectivity index (χ1v) is 7.09. The number of rotatable bonds is 5. The molecule has 1 N–H and O–H groups in total.